The summed E-state index contributed by atoms with van der Waals surface area (Å²) in [6.07, 6.45) is 3.73. The summed E-state index contributed by atoms with van der Waals surface area (Å²) >= 11 is 0. The van der Waals surface area contributed by atoms with Crippen LogP contribution in [0.25, 0.3) is 6.08 Å². The van der Waals surface area contributed by atoms with Gasteiger partial charge in [0.15, 0.2) is 0 Å². The van der Waals surface area contributed by atoms with Gasteiger partial charge in [-0.25, -0.2) is 0 Å². The van der Waals surface area contributed by atoms with Gasteiger partial charge in [-0.2, -0.15) is 5.26 Å². The van der Waals surface area contributed by atoms with Crippen LogP contribution in [0, 0.1) is 11.3 Å². The highest BCUT2D eigenvalue weighted by molar-refractivity contribution is 5.64. The Morgan fingerprint density at radius 2 is 1.79 bits per heavy atom. The van der Waals surface area contributed by atoms with E-state index in [-0.39, 0.29) is 11.8 Å². The lowest BCUT2D eigenvalue weighted by atomic mass is 9.83. The van der Waals surface area contributed by atoms with E-state index < -0.39 is 0 Å². The first-order valence-corrected chi connectivity index (χ1v) is 9.44. The third-order valence-electron chi connectivity index (χ3n) is 5.34. The van der Waals surface area contributed by atoms with Gasteiger partial charge in [0.2, 0.25) is 5.88 Å². The molecule has 5 nitrogen and oxygen atoms in total. The lowest BCUT2D eigenvalue weighted by Crippen LogP contribution is -2.19. The molecular formula is C24H22N2O3. The molecule has 0 saturated heterocycles. The summed E-state index contributed by atoms with van der Waals surface area (Å²) < 4.78 is 16.6. The molecule has 0 fully saturated rings. The highest BCUT2D eigenvalue weighted by atomic mass is 16.5. The second-order valence-corrected chi connectivity index (χ2v) is 7.00. The predicted molar refractivity (Wildman–Crippen MR) is 111 cm³/mol. The molecule has 0 spiro atoms. The Morgan fingerprint density at radius 1 is 1.07 bits per heavy atom. The second-order valence-electron chi connectivity index (χ2n) is 7.00. The van der Waals surface area contributed by atoms with E-state index in [0.717, 1.165) is 52.4 Å². The Hall–Kier alpha value is -3.65. The number of benzene rings is 2. The van der Waals surface area contributed by atoms with Gasteiger partial charge in [0.05, 0.1) is 14.2 Å². The van der Waals surface area contributed by atoms with E-state index in [1.807, 2.05) is 48.5 Å². The Bertz CT molecular complexity index is 1090. The number of nitriles is 1. The molecule has 146 valence electrons. The van der Waals surface area contributed by atoms with Crippen LogP contribution in [-0.2, 0) is 4.74 Å². The van der Waals surface area contributed by atoms with Gasteiger partial charge in [0, 0.05) is 5.92 Å². The van der Waals surface area contributed by atoms with Crippen molar-refractivity contribution in [1.29, 1.82) is 5.26 Å². The zero-order valence-electron chi connectivity index (χ0n) is 16.4. The normalized spacial score (nSPS) is 19.6. The Balaban J connectivity index is 1.79. The smallest absolute Gasteiger partial charge is 0.205 e. The summed E-state index contributed by atoms with van der Waals surface area (Å²) in [7, 11) is 3.29. The van der Waals surface area contributed by atoms with Crippen LogP contribution < -0.4 is 15.2 Å². The van der Waals surface area contributed by atoms with Gasteiger partial charge in [0.1, 0.15) is 28.9 Å². The van der Waals surface area contributed by atoms with Gasteiger partial charge in [-0.1, -0.05) is 24.3 Å². The van der Waals surface area contributed by atoms with Crippen molar-refractivity contribution in [2.24, 2.45) is 5.73 Å². The molecule has 1 atom stereocenters. The maximum atomic E-state index is 9.75. The first kappa shape index (κ1) is 18.7. The van der Waals surface area contributed by atoms with E-state index in [9.17, 15) is 5.26 Å². The quantitative estimate of drug-likeness (QED) is 0.828. The summed E-state index contributed by atoms with van der Waals surface area (Å²) in [4.78, 5) is 0. The molecule has 29 heavy (non-hydrogen) atoms. The molecule has 5 heteroatoms. The van der Waals surface area contributed by atoms with Crippen molar-refractivity contribution in [2.75, 3.05) is 14.2 Å². The number of hydrogen-bond acceptors (Lipinski definition) is 5. The molecule has 2 aliphatic rings. The van der Waals surface area contributed by atoms with Crippen LogP contribution in [-0.4, -0.2) is 14.2 Å². The number of nitrogens with two attached hydrogens (primary N) is 1. The number of allylic oxidation sites excluding steroid dienone is 3. The van der Waals surface area contributed by atoms with Gasteiger partial charge >= 0.3 is 0 Å². The molecular weight excluding hydrogens is 364 g/mol. The van der Waals surface area contributed by atoms with Crippen LogP contribution in [0.3, 0.4) is 0 Å². The fraction of sp³-hybridized carbons (Fsp3) is 0.208. The van der Waals surface area contributed by atoms with E-state index in [0.29, 0.717) is 5.57 Å². The number of rotatable bonds is 4. The largest absolute Gasteiger partial charge is 0.497 e. The second kappa shape index (κ2) is 7.76. The van der Waals surface area contributed by atoms with Crippen LogP contribution in [0.15, 0.2) is 76.9 Å². The monoisotopic (exact) mass is 386 g/mol. The summed E-state index contributed by atoms with van der Waals surface area (Å²) in [6.45, 7) is 0. The molecule has 2 aromatic carbocycles. The molecule has 0 bridgehead atoms. The summed E-state index contributed by atoms with van der Waals surface area (Å²) in [6, 6.07) is 17.9. The minimum atomic E-state index is -0.227. The molecule has 4 rings (SSSR count). The molecule has 0 radical (unpaired) electrons. The molecule has 0 aromatic heterocycles. The topological polar surface area (TPSA) is 77.5 Å². The predicted octanol–water partition coefficient (Wildman–Crippen LogP) is 4.64. The zero-order chi connectivity index (χ0) is 20.4. The van der Waals surface area contributed by atoms with Crippen LogP contribution in [0.1, 0.15) is 29.9 Å². The lowest BCUT2D eigenvalue weighted by Gasteiger charge is -2.26. The third kappa shape index (κ3) is 3.45. The van der Waals surface area contributed by atoms with Crippen LogP contribution in [0.4, 0.5) is 0 Å². The van der Waals surface area contributed by atoms with Crippen LogP contribution in [0.2, 0.25) is 0 Å². The van der Waals surface area contributed by atoms with Crippen LogP contribution >= 0.6 is 0 Å². The van der Waals surface area contributed by atoms with Gasteiger partial charge in [-0.3, -0.25) is 0 Å². The summed E-state index contributed by atoms with van der Waals surface area (Å²) in [5.74, 6) is 2.26. The summed E-state index contributed by atoms with van der Waals surface area (Å²) in [5.41, 5.74) is 10.8. The molecule has 1 aliphatic carbocycles. The zero-order valence-corrected chi connectivity index (χ0v) is 16.4. The van der Waals surface area contributed by atoms with E-state index in [1.54, 1.807) is 14.2 Å². The molecule has 0 amide bonds. The minimum Gasteiger partial charge on any atom is -0.497 e. The lowest BCUT2D eigenvalue weighted by molar-refractivity contribution is 0.292. The molecule has 0 unspecified atom stereocenters. The molecule has 2 aromatic rings. The van der Waals surface area contributed by atoms with E-state index in [1.165, 1.54) is 0 Å². The number of methoxy groups -OCH3 is 2. The van der Waals surface area contributed by atoms with Gasteiger partial charge in [0.25, 0.3) is 0 Å². The SMILES string of the molecule is COc1cccc(/C=C2/CCC3=C2OC(N)=C(C#N)[C@@H]3c2cccc(OC)c2)c1. The molecule has 0 saturated carbocycles. The Morgan fingerprint density at radius 3 is 2.52 bits per heavy atom. The van der Waals surface area contributed by atoms with Crippen molar-refractivity contribution in [3.05, 3.63) is 88.0 Å². The van der Waals surface area contributed by atoms with Gasteiger partial charge in [-0.15, -0.1) is 0 Å². The molecule has 1 heterocycles. The van der Waals surface area contributed by atoms with Crippen molar-refractivity contribution in [2.45, 2.75) is 18.8 Å². The first-order valence-electron chi connectivity index (χ1n) is 9.44. The van der Waals surface area contributed by atoms with Crippen molar-refractivity contribution in [3.8, 4) is 17.6 Å². The van der Waals surface area contributed by atoms with Crippen molar-refractivity contribution in [3.63, 3.8) is 0 Å². The number of hydrogen-bond donors (Lipinski definition) is 1. The fourth-order valence-electron chi connectivity index (χ4n) is 3.97. The number of nitrogens with zero attached hydrogens (tertiary/aromatic N) is 1. The first-order chi connectivity index (χ1) is 14.1. The number of ether oxygens (including phenoxy) is 3. The van der Waals surface area contributed by atoms with Crippen molar-refractivity contribution in [1.82, 2.24) is 0 Å². The third-order valence-corrected chi connectivity index (χ3v) is 5.34. The van der Waals surface area contributed by atoms with Crippen molar-refractivity contribution < 1.29 is 14.2 Å². The standard InChI is InChI=1S/C24H22N2O3/c1-27-18-7-3-5-15(12-18)11-17-9-10-20-22(16-6-4-8-19(13-16)28-2)21(14-25)24(26)29-23(17)20/h3-8,11-13,22H,9-10,26H2,1-2H3/b17-11-/t22-/m1/s1. The highest BCUT2D eigenvalue weighted by Crippen LogP contribution is 2.48. The van der Waals surface area contributed by atoms with E-state index in [2.05, 4.69) is 12.1 Å². The fourth-order valence-corrected chi connectivity index (χ4v) is 3.97. The summed E-state index contributed by atoms with van der Waals surface area (Å²) in [5, 5.41) is 9.75. The van der Waals surface area contributed by atoms with Gasteiger partial charge < -0.3 is 19.9 Å². The Labute approximate surface area is 170 Å². The maximum Gasteiger partial charge on any atom is 0.205 e. The highest BCUT2D eigenvalue weighted by Gasteiger charge is 2.37. The molecule has 1 aliphatic heterocycles. The Kier molecular flexibility index (Phi) is 5.01. The van der Waals surface area contributed by atoms with Crippen LogP contribution in [0.5, 0.6) is 11.5 Å². The van der Waals surface area contributed by atoms with Crippen molar-refractivity contribution >= 4 is 6.08 Å². The van der Waals surface area contributed by atoms with E-state index >= 15 is 0 Å². The average Bonchev–Trinajstić information content (AvgIpc) is 3.14. The molecule has 2 N–H and O–H groups in total. The van der Waals surface area contributed by atoms with Gasteiger partial charge in [-0.05, 0) is 65.5 Å². The van der Waals surface area contributed by atoms with E-state index in [4.69, 9.17) is 19.9 Å². The minimum absolute atomic E-state index is 0.164. The maximum absolute atomic E-state index is 9.75. The average molecular weight is 386 g/mol.